The van der Waals surface area contributed by atoms with Crippen molar-refractivity contribution in [2.45, 2.75) is 31.2 Å². The lowest BCUT2D eigenvalue weighted by Crippen LogP contribution is -2.36. The SMILES string of the molecule is Cc1c(N2CCC(C)C2CO)cc(N)cc1S(N)(=O)=O. The van der Waals surface area contributed by atoms with Crippen LogP contribution in [0.4, 0.5) is 11.4 Å². The van der Waals surface area contributed by atoms with Gasteiger partial charge in [0.05, 0.1) is 17.5 Å². The molecular formula is C13H21N3O3S. The Morgan fingerprint density at radius 3 is 2.65 bits per heavy atom. The van der Waals surface area contributed by atoms with Gasteiger partial charge in [0.25, 0.3) is 0 Å². The van der Waals surface area contributed by atoms with Gasteiger partial charge in [-0.3, -0.25) is 0 Å². The Kier molecular flexibility index (Phi) is 3.95. The number of aliphatic hydroxyl groups excluding tert-OH is 1. The Hall–Kier alpha value is -1.31. The van der Waals surface area contributed by atoms with Gasteiger partial charge in [-0.05, 0) is 37.0 Å². The van der Waals surface area contributed by atoms with Crippen LogP contribution in [-0.2, 0) is 10.0 Å². The molecule has 1 aliphatic rings. The third-order valence-electron chi connectivity index (χ3n) is 4.04. The molecule has 0 spiro atoms. The zero-order valence-electron chi connectivity index (χ0n) is 11.7. The van der Waals surface area contributed by atoms with Crippen molar-refractivity contribution in [3.05, 3.63) is 17.7 Å². The van der Waals surface area contributed by atoms with Crippen LogP contribution >= 0.6 is 0 Å². The maximum Gasteiger partial charge on any atom is 0.238 e. The molecule has 112 valence electrons. The Morgan fingerprint density at radius 2 is 2.10 bits per heavy atom. The van der Waals surface area contributed by atoms with Gasteiger partial charge in [0.2, 0.25) is 10.0 Å². The molecule has 1 aromatic rings. The summed E-state index contributed by atoms with van der Waals surface area (Å²) in [6.45, 7) is 4.58. The molecule has 0 bridgehead atoms. The van der Waals surface area contributed by atoms with E-state index in [0.29, 0.717) is 17.2 Å². The largest absolute Gasteiger partial charge is 0.399 e. The highest BCUT2D eigenvalue weighted by Crippen LogP contribution is 2.35. The summed E-state index contributed by atoms with van der Waals surface area (Å²) in [6, 6.07) is 3.09. The Morgan fingerprint density at radius 1 is 1.45 bits per heavy atom. The van der Waals surface area contributed by atoms with E-state index in [1.54, 1.807) is 13.0 Å². The Labute approximate surface area is 119 Å². The monoisotopic (exact) mass is 299 g/mol. The molecule has 1 heterocycles. The second-order valence-electron chi connectivity index (χ2n) is 5.42. The summed E-state index contributed by atoms with van der Waals surface area (Å²) in [7, 11) is -3.81. The van der Waals surface area contributed by atoms with Crippen LogP contribution in [0.25, 0.3) is 0 Å². The summed E-state index contributed by atoms with van der Waals surface area (Å²) in [4.78, 5) is 2.06. The Balaban J connectivity index is 2.55. The summed E-state index contributed by atoms with van der Waals surface area (Å²) in [5.74, 6) is 0.346. The van der Waals surface area contributed by atoms with Gasteiger partial charge < -0.3 is 15.7 Å². The average Bonchev–Trinajstić information content (AvgIpc) is 2.71. The van der Waals surface area contributed by atoms with E-state index in [-0.39, 0.29) is 17.5 Å². The number of benzene rings is 1. The average molecular weight is 299 g/mol. The van der Waals surface area contributed by atoms with Gasteiger partial charge in [-0.15, -0.1) is 0 Å². The predicted octanol–water partition coefficient (Wildman–Crippen LogP) is 0.432. The van der Waals surface area contributed by atoms with Crippen molar-refractivity contribution in [2.75, 3.05) is 23.8 Å². The quantitative estimate of drug-likeness (QED) is 0.701. The summed E-state index contributed by atoms with van der Waals surface area (Å²) in [6.07, 6.45) is 0.949. The van der Waals surface area contributed by atoms with E-state index in [9.17, 15) is 13.5 Å². The molecule has 7 heteroatoms. The molecule has 0 amide bonds. The van der Waals surface area contributed by atoms with Gasteiger partial charge in [-0.25, -0.2) is 13.6 Å². The summed E-state index contributed by atoms with van der Waals surface area (Å²) in [5, 5.41) is 14.8. The van der Waals surface area contributed by atoms with E-state index in [1.165, 1.54) is 6.07 Å². The maximum absolute atomic E-state index is 11.6. The number of nitrogen functional groups attached to an aromatic ring is 1. The van der Waals surface area contributed by atoms with Crippen LogP contribution in [0.2, 0.25) is 0 Å². The molecule has 0 aliphatic carbocycles. The first-order valence-electron chi connectivity index (χ1n) is 6.56. The van der Waals surface area contributed by atoms with Crippen molar-refractivity contribution in [3.8, 4) is 0 Å². The fourth-order valence-corrected chi connectivity index (χ4v) is 3.70. The van der Waals surface area contributed by atoms with Gasteiger partial charge in [0.1, 0.15) is 0 Å². The van der Waals surface area contributed by atoms with E-state index >= 15 is 0 Å². The van der Waals surface area contributed by atoms with Gasteiger partial charge in [0.15, 0.2) is 0 Å². The van der Waals surface area contributed by atoms with E-state index in [4.69, 9.17) is 10.9 Å². The molecule has 1 aromatic carbocycles. The van der Waals surface area contributed by atoms with Gasteiger partial charge in [-0.1, -0.05) is 6.92 Å². The highest BCUT2D eigenvalue weighted by Gasteiger charge is 2.32. The van der Waals surface area contributed by atoms with Crippen LogP contribution in [0.3, 0.4) is 0 Å². The third-order valence-corrected chi connectivity index (χ3v) is 5.08. The Bertz CT molecular complexity index is 616. The van der Waals surface area contributed by atoms with Crippen molar-refractivity contribution in [3.63, 3.8) is 0 Å². The second-order valence-corrected chi connectivity index (χ2v) is 6.95. The molecule has 0 aromatic heterocycles. The fourth-order valence-electron chi connectivity index (χ4n) is 2.87. The highest BCUT2D eigenvalue weighted by atomic mass is 32.2. The molecular weight excluding hydrogens is 278 g/mol. The van der Waals surface area contributed by atoms with E-state index < -0.39 is 10.0 Å². The number of nitrogens with two attached hydrogens (primary N) is 2. The third kappa shape index (κ3) is 2.61. The van der Waals surface area contributed by atoms with Crippen molar-refractivity contribution in [1.82, 2.24) is 0 Å². The predicted molar refractivity (Wildman–Crippen MR) is 79.0 cm³/mol. The second kappa shape index (κ2) is 5.23. The van der Waals surface area contributed by atoms with Crippen molar-refractivity contribution < 1.29 is 13.5 Å². The van der Waals surface area contributed by atoms with Crippen molar-refractivity contribution in [2.24, 2.45) is 11.1 Å². The molecule has 0 saturated carbocycles. The molecule has 6 nitrogen and oxygen atoms in total. The first-order valence-corrected chi connectivity index (χ1v) is 8.10. The lowest BCUT2D eigenvalue weighted by molar-refractivity contribution is 0.244. The lowest BCUT2D eigenvalue weighted by atomic mass is 10.0. The number of sulfonamides is 1. The van der Waals surface area contributed by atoms with Crippen LogP contribution in [0.5, 0.6) is 0 Å². The molecule has 0 radical (unpaired) electrons. The smallest absolute Gasteiger partial charge is 0.238 e. The van der Waals surface area contributed by atoms with Gasteiger partial charge in [-0.2, -0.15) is 0 Å². The number of rotatable bonds is 3. The van der Waals surface area contributed by atoms with E-state index in [0.717, 1.165) is 18.7 Å². The summed E-state index contributed by atoms with van der Waals surface area (Å²) in [5.41, 5.74) is 7.47. The molecule has 2 unspecified atom stereocenters. The maximum atomic E-state index is 11.6. The molecule has 2 rings (SSSR count). The standard InChI is InChI=1S/C13H21N3O3S/c1-8-3-4-16(12(8)7-17)11-5-10(14)6-13(9(11)2)20(15,18)19/h5-6,8,12,17H,3-4,7,14H2,1-2H3,(H2,15,18,19). The first kappa shape index (κ1) is 15.1. The zero-order chi connectivity index (χ0) is 15.1. The minimum atomic E-state index is -3.81. The van der Waals surface area contributed by atoms with Crippen LogP contribution in [0, 0.1) is 12.8 Å². The number of aliphatic hydroxyl groups is 1. The number of hydrogen-bond donors (Lipinski definition) is 3. The van der Waals surface area contributed by atoms with Gasteiger partial charge >= 0.3 is 0 Å². The topological polar surface area (TPSA) is 110 Å². The first-order chi connectivity index (χ1) is 9.25. The molecule has 1 saturated heterocycles. The number of hydrogen-bond acceptors (Lipinski definition) is 5. The number of nitrogens with zero attached hydrogens (tertiary/aromatic N) is 1. The summed E-state index contributed by atoms with van der Waals surface area (Å²) < 4.78 is 23.3. The van der Waals surface area contributed by atoms with Crippen LogP contribution in [0.15, 0.2) is 17.0 Å². The minimum absolute atomic E-state index is 0.0242. The van der Waals surface area contributed by atoms with Gasteiger partial charge in [0, 0.05) is 17.9 Å². The van der Waals surface area contributed by atoms with E-state index in [2.05, 4.69) is 6.92 Å². The normalized spacial score (nSPS) is 23.3. The van der Waals surface area contributed by atoms with Crippen molar-refractivity contribution in [1.29, 1.82) is 0 Å². The molecule has 5 N–H and O–H groups in total. The molecule has 1 aliphatic heterocycles. The number of primary sulfonamides is 1. The fraction of sp³-hybridized carbons (Fsp3) is 0.538. The van der Waals surface area contributed by atoms with E-state index in [1.807, 2.05) is 4.90 Å². The van der Waals surface area contributed by atoms with Crippen LogP contribution in [-0.4, -0.2) is 32.7 Å². The minimum Gasteiger partial charge on any atom is -0.399 e. The number of anilines is 2. The van der Waals surface area contributed by atoms with Crippen LogP contribution in [0.1, 0.15) is 18.9 Å². The molecule has 1 fully saturated rings. The molecule has 20 heavy (non-hydrogen) atoms. The molecule has 2 atom stereocenters. The zero-order valence-corrected chi connectivity index (χ0v) is 12.5. The summed E-state index contributed by atoms with van der Waals surface area (Å²) >= 11 is 0. The van der Waals surface area contributed by atoms with Crippen LogP contribution < -0.4 is 15.8 Å². The lowest BCUT2D eigenvalue weighted by Gasteiger charge is -2.29. The van der Waals surface area contributed by atoms with Crippen molar-refractivity contribution >= 4 is 21.4 Å². The highest BCUT2D eigenvalue weighted by molar-refractivity contribution is 7.89.